The second kappa shape index (κ2) is 6.20. The number of hydrogen-bond acceptors (Lipinski definition) is 3. The Hall–Kier alpha value is -2.89. The van der Waals surface area contributed by atoms with Gasteiger partial charge in [-0.25, -0.2) is 4.68 Å². The molecule has 3 aromatic rings. The maximum absolute atomic E-state index is 13.0. The highest BCUT2D eigenvalue weighted by molar-refractivity contribution is 5.94. The van der Waals surface area contributed by atoms with Gasteiger partial charge in [0.15, 0.2) is 0 Å². The molecular formula is C19H21N5O. The molecule has 0 saturated carbocycles. The SMILES string of the molecule is Cc1cnn(-c2ccc(C(=O)N3CCC[C@H]3c3cnn(C)c3)cc2)c1. The second-order valence-electron chi connectivity index (χ2n) is 6.61. The van der Waals surface area contributed by atoms with E-state index < -0.39 is 0 Å². The number of carbonyl (C=O) groups is 1. The minimum atomic E-state index is 0.0783. The van der Waals surface area contributed by atoms with Crippen LogP contribution in [0, 0.1) is 6.92 Å². The van der Waals surface area contributed by atoms with E-state index in [9.17, 15) is 4.79 Å². The maximum Gasteiger partial charge on any atom is 0.254 e. The van der Waals surface area contributed by atoms with Gasteiger partial charge in [0, 0.05) is 37.1 Å². The van der Waals surface area contributed by atoms with Gasteiger partial charge in [-0.05, 0) is 49.6 Å². The zero-order chi connectivity index (χ0) is 17.4. The highest BCUT2D eigenvalue weighted by Gasteiger charge is 2.31. The molecule has 1 aromatic carbocycles. The minimum Gasteiger partial charge on any atom is -0.331 e. The summed E-state index contributed by atoms with van der Waals surface area (Å²) >= 11 is 0. The average molecular weight is 335 g/mol. The number of aromatic nitrogens is 4. The van der Waals surface area contributed by atoms with Crippen molar-refractivity contribution in [2.45, 2.75) is 25.8 Å². The molecule has 0 radical (unpaired) electrons. The van der Waals surface area contributed by atoms with Crippen molar-refractivity contribution < 1.29 is 4.79 Å². The third-order valence-corrected chi connectivity index (χ3v) is 4.71. The molecular weight excluding hydrogens is 314 g/mol. The van der Waals surface area contributed by atoms with Crippen LogP contribution < -0.4 is 0 Å². The van der Waals surface area contributed by atoms with Crippen molar-refractivity contribution in [1.82, 2.24) is 24.5 Å². The third-order valence-electron chi connectivity index (χ3n) is 4.71. The van der Waals surface area contributed by atoms with Gasteiger partial charge in [0.1, 0.15) is 0 Å². The molecule has 1 saturated heterocycles. The lowest BCUT2D eigenvalue weighted by atomic mass is 10.1. The first-order valence-corrected chi connectivity index (χ1v) is 8.53. The highest BCUT2D eigenvalue weighted by Crippen LogP contribution is 2.32. The van der Waals surface area contributed by atoms with E-state index in [2.05, 4.69) is 10.2 Å². The summed E-state index contributed by atoms with van der Waals surface area (Å²) in [5.41, 5.74) is 3.88. The highest BCUT2D eigenvalue weighted by atomic mass is 16.2. The van der Waals surface area contributed by atoms with E-state index in [4.69, 9.17) is 0 Å². The molecule has 6 nitrogen and oxygen atoms in total. The maximum atomic E-state index is 13.0. The Morgan fingerprint density at radius 2 is 1.92 bits per heavy atom. The molecule has 2 aromatic heterocycles. The quantitative estimate of drug-likeness (QED) is 0.739. The molecule has 1 atom stereocenters. The van der Waals surface area contributed by atoms with Crippen molar-refractivity contribution in [1.29, 1.82) is 0 Å². The number of carbonyl (C=O) groups excluding carboxylic acids is 1. The van der Waals surface area contributed by atoms with Crippen molar-refractivity contribution >= 4 is 5.91 Å². The van der Waals surface area contributed by atoms with Gasteiger partial charge in [-0.15, -0.1) is 0 Å². The van der Waals surface area contributed by atoms with Gasteiger partial charge < -0.3 is 4.90 Å². The molecule has 1 fully saturated rings. The van der Waals surface area contributed by atoms with E-state index in [0.29, 0.717) is 5.56 Å². The van der Waals surface area contributed by atoms with Crippen LogP contribution in [0.4, 0.5) is 0 Å². The molecule has 3 heterocycles. The van der Waals surface area contributed by atoms with Crippen LogP contribution in [0.25, 0.3) is 5.69 Å². The normalized spacial score (nSPS) is 17.2. The third kappa shape index (κ3) is 2.95. The van der Waals surface area contributed by atoms with E-state index in [1.807, 2.05) is 72.6 Å². The molecule has 0 aliphatic carbocycles. The Balaban J connectivity index is 1.55. The zero-order valence-electron chi connectivity index (χ0n) is 14.5. The van der Waals surface area contributed by atoms with Crippen molar-refractivity contribution in [2.75, 3.05) is 6.54 Å². The lowest BCUT2D eigenvalue weighted by Crippen LogP contribution is -2.30. The molecule has 1 aliphatic heterocycles. The van der Waals surface area contributed by atoms with Gasteiger partial charge in [0.25, 0.3) is 5.91 Å². The van der Waals surface area contributed by atoms with E-state index in [1.165, 1.54) is 0 Å². The number of aryl methyl sites for hydroxylation is 2. The van der Waals surface area contributed by atoms with Crippen LogP contribution in [0.15, 0.2) is 49.1 Å². The molecule has 6 heteroatoms. The van der Waals surface area contributed by atoms with Gasteiger partial charge in [0.05, 0.1) is 24.1 Å². The van der Waals surface area contributed by atoms with Crippen molar-refractivity contribution in [2.24, 2.45) is 7.05 Å². The fourth-order valence-electron chi connectivity index (χ4n) is 3.45. The number of rotatable bonds is 3. The first-order valence-electron chi connectivity index (χ1n) is 8.53. The van der Waals surface area contributed by atoms with Crippen LogP contribution >= 0.6 is 0 Å². The summed E-state index contributed by atoms with van der Waals surface area (Å²) in [4.78, 5) is 14.9. The van der Waals surface area contributed by atoms with E-state index >= 15 is 0 Å². The standard InChI is InChI=1S/C19H21N5O/c1-14-10-21-24(12-14)17-7-5-15(6-8-17)19(25)23-9-3-4-18(23)16-11-20-22(2)13-16/h5-8,10-13,18H,3-4,9H2,1-2H3/t18-/m0/s1. The predicted molar refractivity (Wildman–Crippen MR) is 94.5 cm³/mol. The van der Waals surface area contributed by atoms with E-state index in [-0.39, 0.29) is 11.9 Å². The second-order valence-corrected chi connectivity index (χ2v) is 6.61. The van der Waals surface area contributed by atoms with Crippen molar-refractivity contribution in [3.8, 4) is 5.69 Å². The summed E-state index contributed by atoms with van der Waals surface area (Å²) in [6.07, 6.45) is 9.66. The number of nitrogens with zero attached hydrogens (tertiary/aromatic N) is 5. The summed E-state index contributed by atoms with van der Waals surface area (Å²) in [5.74, 6) is 0.0783. The number of likely N-dealkylation sites (tertiary alicyclic amines) is 1. The molecule has 0 spiro atoms. The van der Waals surface area contributed by atoms with Crippen LogP contribution in [-0.4, -0.2) is 36.9 Å². The number of amides is 1. The molecule has 1 amide bonds. The Labute approximate surface area is 146 Å². The summed E-state index contributed by atoms with van der Waals surface area (Å²) in [7, 11) is 1.90. The van der Waals surface area contributed by atoms with Gasteiger partial charge in [0.2, 0.25) is 0 Å². The van der Waals surface area contributed by atoms with Crippen LogP contribution in [0.2, 0.25) is 0 Å². The van der Waals surface area contributed by atoms with Crippen molar-refractivity contribution in [3.63, 3.8) is 0 Å². The van der Waals surface area contributed by atoms with Gasteiger partial charge in [-0.2, -0.15) is 10.2 Å². The minimum absolute atomic E-state index is 0.0783. The van der Waals surface area contributed by atoms with Gasteiger partial charge in [-0.3, -0.25) is 9.48 Å². The Morgan fingerprint density at radius 1 is 1.12 bits per heavy atom. The molecule has 1 aliphatic rings. The number of benzene rings is 1. The zero-order valence-corrected chi connectivity index (χ0v) is 14.5. The predicted octanol–water partition coefficient (Wildman–Crippen LogP) is 2.89. The van der Waals surface area contributed by atoms with Crippen LogP contribution in [0.1, 0.15) is 40.4 Å². The summed E-state index contributed by atoms with van der Waals surface area (Å²) < 4.78 is 3.61. The summed E-state index contributed by atoms with van der Waals surface area (Å²) in [5, 5.41) is 8.55. The molecule has 128 valence electrons. The Bertz CT molecular complexity index is 893. The van der Waals surface area contributed by atoms with Crippen molar-refractivity contribution in [3.05, 3.63) is 65.7 Å². The summed E-state index contributed by atoms with van der Waals surface area (Å²) in [6.45, 7) is 2.80. The van der Waals surface area contributed by atoms with Gasteiger partial charge in [-0.1, -0.05) is 0 Å². The van der Waals surface area contributed by atoms with Crippen LogP contribution in [0.3, 0.4) is 0 Å². The molecule has 25 heavy (non-hydrogen) atoms. The molecule has 0 N–H and O–H groups in total. The largest absolute Gasteiger partial charge is 0.331 e. The smallest absolute Gasteiger partial charge is 0.254 e. The lowest BCUT2D eigenvalue weighted by Gasteiger charge is -2.24. The molecule has 0 unspecified atom stereocenters. The van der Waals surface area contributed by atoms with E-state index in [0.717, 1.165) is 36.2 Å². The molecule has 4 rings (SSSR count). The first kappa shape index (κ1) is 15.6. The number of hydrogen-bond donors (Lipinski definition) is 0. The fourth-order valence-corrected chi connectivity index (χ4v) is 3.45. The average Bonchev–Trinajstić information content (AvgIpc) is 3.34. The lowest BCUT2D eigenvalue weighted by molar-refractivity contribution is 0.0735. The molecule has 0 bridgehead atoms. The summed E-state index contributed by atoms with van der Waals surface area (Å²) in [6, 6.07) is 7.76. The Morgan fingerprint density at radius 3 is 2.56 bits per heavy atom. The topological polar surface area (TPSA) is 56.0 Å². The fraction of sp³-hybridized carbons (Fsp3) is 0.316. The van der Waals surface area contributed by atoms with E-state index in [1.54, 1.807) is 4.68 Å². The van der Waals surface area contributed by atoms with Crippen LogP contribution in [0.5, 0.6) is 0 Å². The first-order chi connectivity index (χ1) is 12.1. The monoisotopic (exact) mass is 335 g/mol. The van der Waals surface area contributed by atoms with Crippen LogP contribution in [-0.2, 0) is 7.05 Å². The Kier molecular flexibility index (Phi) is 3.87. The van der Waals surface area contributed by atoms with Gasteiger partial charge >= 0.3 is 0 Å².